The number of benzene rings is 2. The minimum atomic E-state index is -1.92. The van der Waals surface area contributed by atoms with E-state index in [9.17, 15) is 20.1 Å². The quantitative estimate of drug-likeness (QED) is 0.672. The molecule has 28 heavy (non-hydrogen) atoms. The second kappa shape index (κ2) is 6.45. The van der Waals surface area contributed by atoms with Crippen molar-refractivity contribution in [3.8, 4) is 12.1 Å². The molecule has 0 unspecified atom stereocenters. The van der Waals surface area contributed by atoms with Crippen LogP contribution in [0.5, 0.6) is 0 Å². The fourth-order valence-electron chi connectivity index (χ4n) is 3.20. The lowest BCUT2D eigenvalue weighted by Crippen LogP contribution is -2.48. The minimum Gasteiger partial charge on any atom is -0.289 e. The molecule has 0 aromatic heterocycles. The van der Waals surface area contributed by atoms with Crippen LogP contribution in [0.15, 0.2) is 63.6 Å². The van der Waals surface area contributed by atoms with Crippen LogP contribution in [0.3, 0.4) is 0 Å². The first-order valence-electron chi connectivity index (χ1n) is 8.14. The van der Waals surface area contributed by atoms with Crippen LogP contribution >= 0.6 is 15.9 Å². The predicted molar refractivity (Wildman–Crippen MR) is 104 cm³/mol. The molecule has 1 aliphatic heterocycles. The Balaban J connectivity index is 1.66. The highest BCUT2D eigenvalue weighted by molar-refractivity contribution is 9.10. The lowest BCUT2D eigenvalue weighted by molar-refractivity contribution is 0.0943. The molecule has 0 spiro atoms. The summed E-state index contributed by atoms with van der Waals surface area (Å²) in [5, 5.41) is 19.5. The van der Waals surface area contributed by atoms with Crippen LogP contribution < -0.4 is 10.9 Å². The Kier molecular flexibility index (Phi) is 4.07. The monoisotopic (exact) mass is 431 g/mol. The maximum atomic E-state index is 12.8. The summed E-state index contributed by atoms with van der Waals surface area (Å²) in [5.41, 5.74) is 4.72. The van der Waals surface area contributed by atoms with E-state index < -0.39 is 17.1 Å². The average molecular weight is 432 g/mol. The Hall–Kier alpha value is -3.75. The van der Waals surface area contributed by atoms with E-state index in [4.69, 9.17) is 0 Å². The van der Waals surface area contributed by atoms with Gasteiger partial charge in [-0.25, -0.2) is 4.99 Å². The first kappa shape index (κ1) is 17.7. The molecular formula is C20H10BrN5O2. The molecule has 1 heterocycles. The smallest absolute Gasteiger partial charge is 0.269 e. The molecule has 2 aromatic rings. The highest BCUT2D eigenvalue weighted by Gasteiger charge is 2.54. The van der Waals surface area contributed by atoms with Crippen molar-refractivity contribution in [1.29, 1.82) is 10.5 Å². The molecule has 2 aliphatic rings. The number of fused-ring (bicyclic) bond motifs is 2. The standard InChI is InChI=1S/C20H10BrN5O2/c21-12-7-5-11(6-8-12)18(28)25-26-19-20(9-22,10-23)15-16(24-19)13-3-1-2-4-14(13)17(15)27/h1-8H,(H,24,26)(H,25,28). The summed E-state index contributed by atoms with van der Waals surface area (Å²) in [5.74, 6) is -0.983. The van der Waals surface area contributed by atoms with Crippen molar-refractivity contribution in [2.24, 2.45) is 10.4 Å². The molecule has 0 atom stereocenters. The largest absolute Gasteiger partial charge is 0.289 e. The number of ketones is 1. The third kappa shape index (κ3) is 2.43. The Morgan fingerprint density at radius 1 is 1.04 bits per heavy atom. The Morgan fingerprint density at radius 3 is 2.32 bits per heavy atom. The molecule has 7 nitrogen and oxygen atoms in total. The predicted octanol–water partition coefficient (Wildman–Crippen LogP) is 2.74. The van der Waals surface area contributed by atoms with E-state index in [1.807, 2.05) is 12.1 Å². The summed E-state index contributed by atoms with van der Waals surface area (Å²) in [6.45, 7) is 0. The number of hydrogen-bond acceptors (Lipinski definition) is 6. The number of amides is 1. The molecule has 0 radical (unpaired) electrons. The lowest BCUT2D eigenvalue weighted by atomic mass is 9.81. The van der Waals surface area contributed by atoms with Crippen molar-refractivity contribution in [1.82, 2.24) is 10.9 Å². The van der Waals surface area contributed by atoms with Crippen molar-refractivity contribution < 1.29 is 9.59 Å². The van der Waals surface area contributed by atoms with Gasteiger partial charge >= 0.3 is 0 Å². The summed E-state index contributed by atoms with van der Waals surface area (Å²) in [6, 6.07) is 17.2. The second-order valence-corrected chi connectivity index (χ2v) is 7.03. The number of nitrogens with zero attached hydrogens (tertiary/aromatic N) is 3. The van der Waals surface area contributed by atoms with Gasteiger partial charge in [-0.2, -0.15) is 10.5 Å². The van der Waals surface area contributed by atoms with Gasteiger partial charge in [-0.3, -0.25) is 20.4 Å². The molecule has 1 amide bonds. The van der Waals surface area contributed by atoms with Gasteiger partial charge < -0.3 is 0 Å². The summed E-state index contributed by atoms with van der Waals surface area (Å²) in [6.07, 6.45) is 0. The van der Waals surface area contributed by atoms with E-state index in [1.54, 1.807) is 48.5 Å². The zero-order valence-corrected chi connectivity index (χ0v) is 15.7. The molecule has 0 saturated carbocycles. The SMILES string of the molecule is N#CC1(C#N)C(NNC(=O)c2ccc(Br)cc2)=NC2=C1C(=O)c1ccccc12. The molecular weight excluding hydrogens is 422 g/mol. The maximum absolute atomic E-state index is 12.8. The third-order valence-electron chi connectivity index (χ3n) is 4.58. The molecule has 8 heteroatoms. The fourth-order valence-corrected chi connectivity index (χ4v) is 3.46. The van der Waals surface area contributed by atoms with Gasteiger partial charge in [-0.15, -0.1) is 0 Å². The molecule has 0 saturated heterocycles. The van der Waals surface area contributed by atoms with Crippen LogP contribution in [0, 0.1) is 28.1 Å². The number of amidine groups is 1. The van der Waals surface area contributed by atoms with Crippen LogP contribution in [0.25, 0.3) is 5.70 Å². The number of nitriles is 2. The number of hydrogen-bond donors (Lipinski definition) is 2. The number of aliphatic imine (C=N–C) groups is 1. The Labute approximate surface area is 168 Å². The minimum absolute atomic E-state index is 0.0130. The number of halogens is 1. The first-order chi connectivity index (χ1) is 13.5. The van der Waals surface area contributed by atoms with Crippen LogP contribution in [0.4, 0.5) is 0 Å². The summed E-state index contributed by atoms with van der Waals surface area (Å²) in [7, 11) is 0. The van der Waals surface area contributed by atoms with Crippen molar-refractivity contribution in [2.75, 3.05) is 0 Å². The van der Waals surface area contributed by atoms with Crippen molar-refractivity contribution >= 4 is 39.2 Å². The molecule has 2 N–H and O–H groups in total. The number of Topliss-reactive ketones (excluding diaryl/α,β-unsaturated/α-hetero) is 1. The highest BCUT2D eigenvalue weighted by Crippen LogP contribution is 2.47. The Bertz CT molecular complexity index is 1170. The van der Waals surface area contributed by atoms with E-state index in [0.717, 1.165) is 4.47 Å². The third-order valence-corrected chi connectivity index (χ3v) is 5.11. The number of nitrogens with one attached hydrogen (secondary N) is 2. The summed E-state index contributed by atoms with van der Waals surface area (Å²) >= 11 is 3.29. The van der Waals surface area contributed by atoms with Crippen LogP contribution in [0.2, 0.25) is 0 Å². The maximum Gasteiger partial charge on any atom is 0.269 e. The van der Waals surface area contributed by atoms with Crippen molar-refractivity contribution in [2.45, 2.75) is 0 Å². The number of carbonyl (C=O) groups excluding carboxylic acids is 2. The lowest BCUT2D eigenvalue weighted by Gasteiger charge is -2.19. The molecule has 0 bridgehead atoms. The van der Waals surface area contributed by atoms with Gasteiger partial charge in [0.05, 0.1) is 23.4 Å². The Morgan fingerprint density at radius 2 is 1.68 bits per heavy atom. The van der Waals surface area contributed by atoms with E-state index in [1.165, 1.54) is 0 Å². The van der Waals surface area contributed by atoms with Crippen molar-refractivity contribution in [3.63, 3.8) is 0 Å². The summed E-state index contributed by atoms with van der Waals surface area (Å²) in [4.78, 5) is 29.4. The van der Waals surface area contributed by atoms with Gasteiger partial charge in [0, 0.05) is 21.2 Å². The van der Waals surface area contributed by atoms with Gasteiger partial charge in [0.2, 0.25) is 5.41 Å². The van der Waals surface area contributed by atoms with Crippen molar-refractivity contribution in [3.05, 3.63) is 75.3 Å². The first-order valence-corrected chi connectivity index (χ1v) is 8.93. The summed E-state index contributed by atoms with van der Waals surface area (Å²) < 4.78 is 0.822. The van der Waals surface area contributed by atoms with E-state index in [0.29, 0.717) is 16.7 Å². The van der Waals surface area contributed by atoms with Crippen LogP contribution in [-0.4, -0.2) is 17.5 Å². The number of carbonyl (C=O) groups is 2. The highest BCUT2D eigenvalue weighted by atomic mass is 79.9. The molecule has 2 aromatic carbocycles. The van der Waals surface area contributed by atoms with E-state index in [-0.39, 0.29) is 17.1 Å². The zero-order chi connectivity index (χ0) is 19.9. The molecule has 1 aliphatic carbocycles. The molecule has 134 valence electrons. The van der Waals surface area contributed by atoms with E-state index in [2.05, 4.69) is 31.8 Å². The van der Waals surface area contributed by atoms with Crippen LogP contribution in [-0.2, 0) is 0 Å². The van der Waals surface area contributed by atoms with Gasteiger partial charge in [0.25, 0.3) is 5.91 Å². The van der Waals surface area contributed by atoms with E-state index >= 15 is 0 Å². The fraction of sp³-hybridized carbons (Fsp3) is 0.0500. The molecule has 0 fully saturated rings. The average Bonchev–Trinajstić information content (AvgIpc) is 3.20. The number of hydrazine groups is 1. The second-order valence-electron chi connectivity index (χ2n) is 6.12. The normalized spacial score (nSPS) is 15.8. The van der Waals surface area contributed by atoms with Gasteiger partial charge in [-0.05, 0) is 24.3 Å². The van der Waals surface area contributed by atoms with Gasteiger partial charge in [0.1, 0.15) is 0 Å². The van der Waals surface area contributed by atoms with Gasteiger partial charge in [-0.1, -0.05) is 40.2 Å². The topological polar surface area (TPSA) is 118 Å². The number of rotatable bonds is 1. The molecule has 4 rings (SSSR count). The zero-order valence-electron chi connectivity index (χ0n) is 14.2. The van der Waals surface area contributed by atoms with Gasteiger partial charge in [0.15, 0.2) is 11.6 Å². The van der Waals surface area contributed by atoms with Crippen LogP contribution in [0.1, 0.15) is 26.3 Å².